The standard InChI is InChI=1S/C21H33N3OS.C12H14N2O.CH3NO/c1-4-23(2)21(25)20(26-3)12-13-22-19-11-7-9-18(17-19)10-8-16-24-14-5-6-15-24;1-9(8-13)12(15)14-10(2)11-6-4-3-5-7-11;2-1-3/h7,9,11-13,17,20,22H,4-6,8,10,14-16H2,1-3H3;3-7,9-10H,1-2H3,(H,14,15);1H,(H2,2,3). The zero-order chi connectivity index (χ0) is 32.7. The second-order valence-corrected chi connectivity index (χ2v) is 11.5. The van der Waals surface area contributed by atoms with Gasteiger partial charge in [-0.05, 0) is 108 Å². The van der Waals surface area contributed by atoms with Crippen molar-refractivity contribution < 1.29 is 14.4 Å². The van der Waals surface area contributed by atoms with E-state index < -0.39 is 5.92 Å². The molecule has 3 atom stereocenters. The minimum atomic E-state index is -0.601. The number of amides is 3. The van der Waals surface area contributed by atoms with Crippen molar-refractivity contribution in [3.8, 4) is 6.07 Å². The minimum Gasteiger partial charge on any atom is -0.372 e. The van der Waals surface area contributed by atoms with Crippen molar-refractivity contribution in [2.45, 2.75) is 57.7 Å². The summed E-state index contributed by atoms with van der Waals surface area (Å²) in [6, 6.07) is 20.1. The average molecular weight is 623 g/mol. The molecule has 9 nitrogen and oxygen atoms in total. The van der Waals surface area contributed by atoms with Gasteiger partial charge in [0, 0.05) is 19.3 Å². The lowest BCUT2D eigenvalue weighted by molar-refractivity contribution is -0.128. The molecule has 4 N–H and O–H groups in total. The minimum absolute atomic E-state index is 0.0606. The van der Waals surface area contributed by atoms with E-state index in [1.807, 2.05) is 75.8 Å². The van der Waals surface area contributed by atoms with Gasteiger partial charge in [-0.2, -0.15) is 5.26 Å². The lowest BCUT2D eigenvalue weighted by atomic mass is 10.1. The van der Waals surface area contributed by atoms with Crippen LogP contribution in [0.25, 0.3) is 0 Å². The summed E-state index contributed by atoms with van der Waals surface area (Å²) in [5.41, 5.74) is 7.65. The first-order chi connectivity index (χ1) is 21.2. The van der Waals surface area contributed by atoms with Crippen molar-refractivity contribution in [2.75, 3.05) is 44.8 Å². The summed E-state index contributed by atoms with van der Waals surface area (Å²) in [6.45, 7) is 9.97. The second kappa shape index (κ2) is 22.7. The Morgan fingerprint density at radius 2 is 1.80 bits per heavy atom. The van der Waals surface area contributed by atoms with Gasteiger partial charge in [-0.15, -0.1) is 11.8 Å². The fraction of sp³-hybridized carbons (Fsp3) is 0.471. The molecule has 1 fully saturated rings. The van der Waals surface area contributed by atoms with Crippen molar-refractivity contribution >= 4 is 35.7 Å². The topological polar surface area (TPSA) is 132 Å². The van der Waals surface area contributed by atoms with E-state index in [-0.39, 0.29) is 29.5 Å². The number of nitrogens with zero attached hydrogens (tertiary/aromatic N) is 3. The molecule has 2 aromatic carbocycles. The van der Waals surface area contributed by atoms with E-state index in [2.05, 4.69) is 45.5 Å². The van der Waals surface area contributed by atoms with Gasteiger partial charge in [0.15, 0.2) is 0 Å². The second-order valence-electron chi connectivity index (χ2n) is 10.5. The first-order valence-corrected chi connectivity index (χ1v) is 16.4. The number of nitriles is 1. The zero-order valence-corrected chi connectivity index (χ0v) is 27.7. The van der Waals surface area contributed by atoms with E-state index in [1.54, 1.807) is 23.6 Å². The number of thioether (sulfide) groups is 1. The van der Waals surface area contributed by atoms with E-state index in [0.29, 0.717) is 0 Å². The highest BCUT2D eigenvalue weighted by atomic mass is 32.2. The molecular formula is C34H50N6O3S. The highest BCUT2D eigenvalue weighted by Gasteiger charge is 2.17. The van der Waals surface area contributed by atoms with Gasteiger partial charge in [0.1, 0.15) is 11.2 Å². The number of hydrogen-bond donors (Lipinski definition) is 3. The number of carbonyl (C=O) groups is 3. The first kappa shape index (κ1) is 38.2. The zero-order valence-electron chi connectivity index (χ0n) is 26.9. The molecule has 10 heteroatoms. The van der Waals surface area contributed by atoms with Crippen molar-refractivity contribution in [1.29, 1.82) is 5.26 Å². The maximum atomic E-state index is 12.3. The first-order valence-electron chi connectivity index (χ1n) is 15.1. The molecule has 0 bridgehead atoms. The smallest absolute Gasteiger partial charge is 0.239 e. The summed E-state index contributed by atoms with van der Waals surface area (Å²) in [6.07, 6.45) is 11.1. The Balaban J connectivity index is 0.000000455. The van der Waals surface area contributed by atoms with E-state index in [0.717, 1.165) is 24.2 Å². The van der Waals surface area contributed by atoms with Crippen LogP contribution in [0.4, 0.5) is 5.69 Å². The third-order valence-electron chi connectivity index (χ3n) is 7.18. The quantitative estimate of drug-likeness (QED) is 0.269. The van der Waals surface area contributed by atoms with Crippen LogP contribution in [-0.2, 0) is 20.8 Å². The molecule has 3 unspecified atom stereocenters. The van der Waals surface area contributed by atoms with E-state index >= 15 is 0 Å². The van der Waals surface area contributed by atoms with Crippen LogP contribution in [-0.4, -0.2) is 72.8 Å². The van der Waals surface area contributed by atoms with Crippen molar-refractivity contribution in [3.63, 3.8) is 0 Å². The lowest BCUT2D eigenvalue weighted by Crippen LogP contribution is -2.33. The van der Waals surface area contributed by atoms with E-state index in [1.165, 1.54) is 44.5 Å². The molecule has 0 radical (unpaired) electrons. The van der Waals surface area contributed by atoms with E-state index in [4.69, 9.17) is 10.1 Å². The Morgan fingerprint density at radius 3 is 2.39 bits per heavy atom. The van der Waals surface area contributed by atoms with Gasteiger partial charge in [-0.25, -0.2) is 0 Å². The average Bonchev–Trinajstić information content (AvgIpc) is 3.57. The Labute approximate surface area is 268 Å². The number of primary amides is 1. The van der Waals surface area contributed by atoms with Crippen molar-refractivity contribution in [2.24, 2.45) is 11.7 Å². The molecule has 44 heavy (non-hydrogen) atoms. The molecule has 1 aliphatic heterocycles. The van der Waals surface area contributed by atoms with Gasteiger partial charge >= 0.3 is 0 Å². The predicted molar refractivity (Wildman–Crippen MR) is 182 cm³/mol. The SMILES string of the molecule is CC(C#N)C(=O)NC(C)c1ccccc1.CCN(C)C(=O)C(C=CNc1cccc(CCCN2CCCC2)c1)SC.NC=O. The maximum absolute atomic E-state index is 12.3. The number of nitrogens with one attached hydrogen (secondary N) is 2. The number of rotatable bonds is 13. The molecule has 240 valence electrons. The summed E-state index contributed by atoms with van der Waals surface area (Å²) < 4.78 is 0. The molecule has 1 saturated heterocycles. The van der Waals surface area contributed by atoms with Crippen LogP contribution in [0.15, 0.2) is 66.9 Å². The third kappa shape index (κ3) is 15.1. The summed E-state index contributed by atoms with van der Waals surface area (Å²) in [5, 5.41) is 14.5. The van der Waals surface area contributed by atoms with Gasteiger partial charge < -0.3 is 26.2 Å². The Bertz CT molecular complexity index is 1180. The number of aryl methyl sites for hydroxylation is 1. The molecule has 0 aromatic heterocycles. The molecular weight excluding hydrogens is 572 g/mol. The number of hydrogen-bond acceptors (Lipinski definition) is 7. The fourth-order valence-corrected chi connectivity index (χ4v) is 5.04. The molecule has 3 amide bonds. The molecule has 0 saturated carbocycles. The van der Waals surface area contributed by atoms with Gasteiger partial charge in [0.05, 0.1) is 12.1 Å². The summed E-state index contributed by atoms with van der Waals surface area (Å²) in [5.74, 6) is -0.682. The number of nitrogens with two attached hydrogens (primary N) is 1. The summed E-state index contributed by atoms with van der Waals surface area (Å²) >= 11 is 1.56. The highest BCUT2D eigenvalue weighted by Crippen LogP contribution is 2.16. The monoisotopic (exact) mass is 622 g/mol. The molecule has 3 rings (SSSR count). The van der Waals surface area contributed by atoms with Gasteiger partial charge in [-0.1, -0.05) is 42.5 Å². The Morgan fingerprint density at radius 1 is 1.14 bits per heavy atom. The van der Waals surface area contributed by atoms with Gasteiger partial charge in [-0.3, -0.25) is 14.4 Å². The van der Waals surface area contributed by atoms with Crippen molar-refractivity contribution in [1.82, 2.24) is 15.1 Å². The number of carbonyl (C=O) groups excluding carboxylic acids is 3. The van der Waals surface area contributed by atoms with Crippen LogP contribution in [0, 0.1) is 17.2 Å². The maximum Gasteiger partial charge on any atom is 0.239 e. The lowest BCUT2D eigenvalue weighted by Gasteiger charge is -2.18. The van der Waals surface area contributed by atoms with Crippen LogP contribution in [0.5, 0.6) is 0 Å². The number of likely N-dealkylation sites (tertiary alicyclic amines) is 1. The van der Waals surface area contributed by atoms with Crippen LogP contribution in [0.1, 0.15) is 57.2 Å². The molecule has 0 aliphatic carbocycles. The molecule has 1 heterocycles. The van der Waals surface area contributed by atoms with Crippen LogP contribution in [0.3, 0.4) is 0 Å². The number of benzene rings is 2. The third-order valence-corrected chi connectivity index (χ3v) is 8.05. The highest BCUT2D eigenvalue weighted by molar-refractivity contribution is 8.00. The summed E-state index contributed by atoms with van der Waals surface area (Å²) in [7, 11) is 1.85. The summed E-state index contributed by atoms with van der Waals surface area (Å²) in [4.78, 5) is 36.6. The molecule has 1 aliphatic rings. The van der Waals surface area contributed by atoms with Gasteiger partial charge in [0.25, 0.3) is 0 Å². The molecule has 0 spiro atoms. The van der Waals surface area contributed by atoms with E-state index in [9.17, 15) is 9.59 Å². The normalized spacial score (nSPS) is 14.5. The van der Waals surface area contributed by atoms with Crippen LogP contribution < -0.4 is 16.4 Å². The van der Waals surface area contributed by atoms with Gasteiger partial charge in [0.2, 0.25) is 18.2 Å². The van der Waals surface area contributed by atoms with Crippen molar-refractivity contribution in [3.05, 3.63) is 78.0 Å². The fourth-order valence-electron chi connectivity index (χ4n) is 4.42. The Hall–Kier alpha value is -3.81. The largest absolute Gasteiger partial charge is 0.372 e. The molecule has 2 aromatic rings. The van der Waals surface area contributed by atoms with Crippen LogP contribution >= 0.6 is 11.8 Å². The Kier molecular flexibility index (Phi) is 19.7. The van der Waals surface area contributed by atoms with Crippen LogP contribution in [0.2, 0.25) is 0 Å². The number of anilines is 1. The predicted octanol–water partition coefficient (Wildman–Crippen LogP) is 4.98.